The van der Waals surface area contributed by atoms with E-state index in [4.69, 9.17) is 5.73 Å². The van der Waals surface area contributed by atoms with Gasteiger partial charge in [0.05, 0.1) is 11.4 Å². The van der Waals surface area contributed by atoms with Gasteiger partial charge < -0.3 is 11.1 Å². The smallest absolute Gasteiger partial charge is 0.263 e. The van der Waals surface area contributed by atoms with Crippen molar-refractivity contribution in [2.75, 3.05) is 24.3 Å². The van der Waals surface area contributed by atoms with Crippen molar-refractivity contribution in [3.8, 4) is 0 Å². The molecule has 7 nitrogen and oxygen atoms in total. The van der Waals surface area contributed by atoms with Crippen LogP contribution in [0.15, 0.2) is 12.4 Å². The summed E-state index contributed by atoms with van der Waals surface area (Å²) in [6.07, 6.45) is 4.58. The van der Waals surface area contributed by atoms with E-state index in [-0.39, 0.29) is 18.2 Å². The van der Waals surface area contributed by atoms with E-state index < -0.39 is 9.84 Å². The Morgan fingerprint density at radius 1 is 1.40 bits per heavy atom. The predicted molar refractivity (Wildman–Crippen MR) is 78.5 cm³/mol. The van der Waals surface area contributed by atoms with E-state index >= 15 is 0 Å². The van der Waals surface area contributed by atoms with Gasteiger partial charge in [-0.1, -0.05) is 0 Å². The van der Waals surface area contributed by atoms with E-state index in [1.165, 1.54) is 23.7 Å². The molecule has 0 saturated carbocycles. The van der Waals surface area contributed by atoms with Crippen molar-refractivity contribution < 1.29 is 13.2 Å². The van der Waals surface area contributed by atoms with Crippen LogP contribution < -0.4 is 11.1 Å². The minimum absolute atomic E-state index is 0.0400. The zero-order chi connectivity index (χ0) is 14.8. The van der Waals surface area contributed by atoms with Crippen LogP contribution in [-0.4, -0.2) is 42.8 Å². The first-order valence-corrected chi connectivity index (χ1v) is 8.71. The monoisotopic (exact) mass is 314 g/mol. The van der Waals surface area contributed by atoms with Crippen LogP contribution in [0.25, 0.3) is 10.3 Å². The topological polar surface area (TPSA) is 115 Å². The van der Waals surface area contributed by atoms with E-state index in [9.17, 15) is 13.2 Å². The van der Waals surface area contributed by atoms with E-state index in [0.717, 1.165) is 6.26 Å². The molecule has 0 aliphatic carbocycles. The van der Waals surface area contributed by atoms with Crippen LogP contribution in [0.4, 0.5) is 5.69 Å². The number of hydrogen-bond acceptors (Lipinski definition) is 7. The molecule has 0 radical (unpaired) electrons. The van der Waals surface area contributed by atoms with Crippen molar-refractivity contribution in [1.29, 1.82) is 0 Å². The van der Waals surface area contributed by atoms with Crippen LogP contribution in [0.5, 0.6) is 0 Å². The summed E-state index contributed by atoms with van der Waals surface area (Å²) >= 11 is 1.17. The van der Waals surface area contributed by atoms with Crippen LogP contribution in [0.1, 0.15) is 16.1 Å². The third kappa shape index (κ3) is 3.42. The van der Waals surface area contributed by atoms with Gasteiger partial charge in [0.1, 0.15) is 25.1 Å². The Kier molecular flexibility index (Phi) is 4.19. The number of fused-ring (bicyclic) bond motifs is 1. The molecule has 2 aromatic rings. The lowest BCUT2D eigenvalue weighted by atomic mass is 10.3. The highest BCUT2D eigenvalue weighted by Crippen LogP contribution is 2.30. The minimum Gasteiger partial charge on any atom is -0.396 e. The van der Waals surface area contributed by atoms with Crippen LogP contribution in [-0.2, 0) is 9.84 Å². The van der Waals surface area contributed by atoms with Crippen molar-refractivity contribution in [2.45, 2.75) is 6.42 Å². The molecule has 0 saturated heterocycles. The third-order valence-corrected chi connectivity index (χ3v) is 4.68. The zero-order valence-corrected chi connectivity index (χ0v) is 12.4. The standard InChI is InChI=1S/C11H14N4O3S2/c1-20(17,18)6-2-3-14-10(16)9-7(12)8-11(19-9)15-5-4-13-8/h4-5H,2-3,6,12H2,1H3,(H,14,16). The maximum atomic E-state index is 12.0. The van der Waals surface area contributed by atoms with Gasteiger partial charge in [-0.3, -0.25) is 4.79 Å². The summed E-state index contributed by atoms with van der Waals surface area (Å²) in [5.41, 5.74) is 6.68. The van der Waals surface area contributed by atoms with Gasteiger partial charge in [0.2, 0.25) is 0 Å². The second-order valence-corrected chi connectivity index (χ2v) is 7.55. The van der Waals surface area contributed by atoms with E-state index in [0.29, 0.717) is 27.3 Å². The predicted octanol–water partition coefficient (Wildman–Crippen LogP) is 0.438. The zero-order valence-electron chi connectivity index (χ0n) is 10.8. The highest BCUT2D eigenvalue weighted by Gasteiger charge is 2.17. The molecule has 0 spiro atoms. The number of nitrogens with one attached hydrogen (secondary N) is 1. The fourth-order valence-electron chi connectivity index (χ4n) is 1.63. The summed E-state index contributed by atoms with van der Waals surface area (Å²) in [5, 5.41) is 2.64. The second-order valence-electron chi connectivity index (χ2n) is 4.29. The molecule has 2 aromatic heterocycles. The number of nitrogen functional groups attached to an aromatic ring is 1. The molecule has 0 fully saturated rings. The highest BCUT2D eigenvalue weighted by molar-refractivity contribution is 7.90. The number of rotatable bonds is 5. The molecule has 20 heavy (non-hydrogen) atoms. The van der Waals surface area contributed by atoms with Gasteiger partial charge in [0, 0.05) is 25.2 Å². The van der Waals surface area contributed by atoms with Gasteiger partial charge in [-0.2, -0.15) is 0 Å². The summed E-state index contributed by atoms with van der Waals surface area (Å²) in [5.74, 6) is -0.293. The lowest BCUT2D eigenvalue weighted by Crippen LogP contribution is -2.25. The Bertz CT molecular complexity index is 739. The Morgan fingerprint density at radius 3 is 2.75 bits per heavy atom. The largest absolute Gasteiger partial charge is 0.396 e. The number of hydrogen-bond donors (Lipinski definition) is 2. The molecule has 0 bridgehead atoms. The molecular formula is C11H14N4O3S2. The van der Waals surface area contributed by atoms with Gasteiger partial charge >= 0.3 is 0 Å². The quantitative estimate of drug-likeness (QED) is 0.774. The molecule has 9 heteroatoms. The van der Waals surface area contributed by atoms with Crippen molar-refractivity contribution in [1.82, 2.24) is 15.3 Å². The third-order valence-electron chi connectivity index (χ3n) is 2.55. The van der Waals surface area contributed by atoms with Gasteiger partial charge in [-0.25, -0.2) is 18.4 Å². The average Bonchev–Trinajstić information content (AvgIpc) is 2.72. The Morgan fingerprint density at radius 2 is 2.10 bits per heavy atom. The van der Waals surface area contributed by atoms with Gasteiger partial charge in [0.25, 0.3) is 5.91 Å². The number of anilines is 1. The minimum atomic E-state index is -3.01. The fourth-order valence-corrected chi connectivity index (χ4v) is 3.24. The molecule has 3 N–H and O–H groups in total. The normalized spacial score (nSPS) is 11.7. The summed E-state index contributed by atoms with van der Waals surface area (Å²) in [4.78, 5) is 21.1. The van der Waals surface area contributed by atoms with Crippen molar-refractivity contribution in [3.05, 3.63) is 17.3 Å². The number of carbonyl (C=O) groups is 1. The Hall–Kier alpha value is -1.74. The van der Waals surface area contributed by atoms with Crippen molar-refractivity contribution >= 4 is 43.1 Å². The molecule has 0 aliphatic heterocycles. The van der Waals surface area contributed by atoms with Crippen molar-refractivity contribution in [3.63, 3.8) is 0 Å². The number of amides is 1. The number of thiophene rings is 1. The van der Waals surface area contributed by atoms with Crippen LogP contribution in [0, 0.1) is 0 Å². The summed E-state index contributed by atoms with van der Waals surface area (Å²) in [6, 6.07) is 0. The summed E-state index contributed by atoms with van der Waals surface area (Å²) < 4.78 is 21.9. The molecule has 108 valence electrons. The number of sulfone groups is 1. The second kappa shape index (κ2) is 5.71. The molecule has 2 heterocycles. The maximum Gasteiger partial charge on any atom is 0.263 e. The average molecular weight is 314 g/mol. The van der Waals surface area contributed by atoms with E-state index in [1.54, 1.807) is 0 Å². The van der Waals surface area contributed by atoms with Gasteiger partial charge in [-0.15, -0.1) is 11.3 Å². The van der Waals surface area contributed by atoms with Crippen LogP contribution in [0.3, 0.4) is 0 Å². The lowest BCUT2D eigenvalue weighted by Gasteiger charge is -2.03. The van der Waals surface area contributed by atoms with Crippen molar-refractivity contribution in [2.24, 2.45) is 0 Å². The first-order valence-electron chi connectivity index (χ1n) is 5.83. The molecule has 1 amide bonds. The number of nitrogens with two attached hydrogens (primary N) is 1. The lowest BCUT2D eigenvalue weighted by molar-refractivity contribution is 0.0958. The maximum absolute atomic E-state index is 12.0. The molecule has 0 aliphatic rings. The number of carbonyl (C=O) groups excluding carboxylic acids is 1. The highest BCUT2D eigenvalue weighted by atomic mass is 32.2. The summed E-state index contributed by atoms with van der Waals surface area (Å²) in [6.45, 7) is 0.278. The molecule has 0 aromatic carbocycles. The van der Waals surface area contributed by atoms with Crippen LogP contribution in [0.2, 0.25) is 0 Å². The number of nitrogens with zero attached hydrogens (tertiary/aromatic N) is 2. The first kappa shape index (κ1) is 14.7. The fraction of sp³-hybridized carbons (Fsp3) is 0.364. The molecular weight excluding hydrogens is 300 g/mol. The molecule has 0 unspecified atom stereocenters. The Balaban J connectivity index is 2.03. The van der Waals surface area contributed by atoms with Gasteiger partial charge in [-0.05, 0) is 6.42 Å². The van der Waals surface area contributed by atoms with E-state index in [1.807, 2.05) is 0 Å². The summed E-state index contributed by atoms with van der Waals surface area (Å²) in [7, 11) is -3.01. The first-order chi connectivity index (χ1) is 9.38. The van der Waals surface area contributed by atoms with Gasteiger partial charge in [0.15, 0.2) is 0 Å². The molecule has 0 atom stereocenters. The molecule has 2 rings (SSSR count). The van der Waals surface area contributed by atoms with E-state index in [2.05, 4.69) is 15.3 Å². The number of aromatic nitrogens is 2. The van der Waals surface area contributed by atoms with Crippen LogP contribution >= 0.6 is 11.3 Å². The SMILES string of the molecule is CS(=O)(=O)CCCNC(=O)c1sc2nccnc2c1N. The Labute approximate surface area is 120 Å².